The number of piperazine rings is 1. The number of anilines is 1. The maximum atomic E-state index is 12.4. The van der Waals surface area contributed by atoms with Crippen molar-refractivity contribution in [1.29, 1.82) is 0 Å². The van der Waals surface area contributed by atoms with Crippen LogP contribution in [0.25, 0.3) is 0 Å². The maximum Gasteiger partial charge on any atom is 0.287 e. The van der Waals surface area contributed by atoms with E-state index < -0.39 is 4.92 Å². The molecule has 0 aromatic carbocycles. The third-order valence-electron chi connectivity index (χ3n) is 4.54. The van der Waals surface area contributed by atoms with Crippen LogP contribution in [-0.4, -0.2) is 46.9 Å². The maximum absolute atomic E-state index is 12.4. The topological polar surface area (TPSA) is 83.5 Å². The van der Waals surface area contributed by atoms with Gasteiger partial charge in [0.2, 0.25) is 5.91 Å². The van der Waals surface area contributed by atoms with Crippen molar-refractivity contribution < 1.29 is 31.3 Å². The second-order valence-corrected chi connectivity index (χ2v) is 6.36. The zero-order valence-corrected chi connectivity index (χ0v) is 16.7. The number of carbonyl (C=O) groups is 1. The summed E-state index contributed by atoms with van der Waals surface area (Å²) < 4.78 is 2.02. The van der Waals surface area contributed by atoms with E-state index in [0.717, 1.165) is 0 Å². The van der Waals surface area contributed by atoms with Crippen molar-refractivity contribution in [3.63, 3.8) is 0 Å². The lowest BCUT2D eigenvalue weighted by Gasteiger charge is -2.35. The third kappa shape index (κ3) is 5.46. The van der Waals surface area contributed by atoms with E-state index in [0.29, 0.717) is 45.0 Å². The minimum absolute atomic E-state index is 0. The molecular formula is C18H22BrN5O3. The number of carbonyl (C=O) groups excluding carboxylic acids is 1. The minimum atomic E-state index is -0.459. The monoisotopic (exact) mass is 435 g/mol. The summed E-state index contributed by atoms with van der Waals surface area (Å²) in [5.41, 5.74) is 1.18. The number of aromatic nitrogens is 2. The molecule has 27 heavy (non-hydrogen) atoms. The summed E-state index contributed by atoms with van der Waals surface area (Å²) in [7, 11) is 0. The van der Waals surface area contributed by atoms with Crippen LogP contribution < -0.4 is 26.4 Å². The summed E-state index contributed by atoms with van der Waals surface area (Å²) in [6, 6.07) is 7.17. The quantitative estimate of drug-likeness (QED) is 0.318. The molecule has 0 saturated carbocycles. The summed E-state index contributed by atoms with van der Waals surface area (Å²) in [5, 5.41) is 10.7. The van der Waals surface area contributed by atoms with Crippen LogP contribution in [0.15, 0.2) is 42.9 Å². The lowest BCUT2D eigenvalue weighted by molar-refractivity contribution is -0.696. The molecule has 9 heteroatoms. The van der Waals surface area contributed by atoms with Crippen LogP contribution in [0.2, 0.25) is 0 Å². The Kier molecular flexibility index (Phi) is 7.23. The van der Waals surface area contributed by atoms with Crippen LogP contribution >= 0.6 is 0 Å². The summed E-state index contributed by atoms with van der Waals surface area (Å²) in [5.74, 6) is 0.854. The molecule has 2 aromatic heterocycles. The number of amides is 1. The number of hydrogen-bond donors (Lipinski definition) is 0. The van der Waals surface area contributed by atoms with Crippen LogP contribution in [-0.2, 0) is 11.3 Å². The zero-order chi connectivity index (χ0) is 18.5. The molecule has 0 unspecified atom stereocenters. The Bertz CT molecular complexity index is 775. The minimum Gasteiger partial charge on any atom is -1.00 e. The fourth-order valence-corrected chi connectivity index (χ4v) is 2.92. The summed E-state index contributed by atoms with van der Waals surface area (Å²) >= 11 is 0. The first-order valence-electron chi connectivity index (χ1n) is 8.62. The van der Waals surface area contributed by atoms with Gasteiger partial charge in [0.15, 0.2) is 18.9 Å². The molecule has 0 N–H and O–H groups in total. The fourth-order valence-electron chi connectivity index (χ4n) is 2.92. The lowest BCUT2D eigenvalue weighted by atomic mass is 10.2. The number of aryl methyl sites for hydroxylation is 2. The Morgan fingerprint density at radius 2 is 1.85 bits per heavy atom. The SMILES string of the molecule is Cc1cc[n+](CCC(=O)N2CCN(c3ccc([N+](=O)[O-])cn3)CC2)cc1.[Br-]. The van der Waals surface area contributed by atoms with Gasteiger partial charge >= 0.3 is 0 Å². The molecule has 1 saturated heterocycles. The van der Waals surface area contributed by atoms with Crippen molar-refractivity contribution in [3.05, 3.63) is 58.5 Å². The molecule has 1 fully saturated rings. The highest BCUT2D eigenvalue weighted by atomic mass is 79.9. The van der Waals surface area contributed by atoms with Crippen LogP contribution in [0.5, 0.6) is 0 Å². The molecule has 0 bridgehead atoms. The molecule has 1 aliphatic heterocycles. The first kappa shape index (κ1) is 20.8. The van der Waals surface area contributed by atoms with E-state index in [2.05, 4.69) is 4.98 Å². The molecule has 8 nitrogen and oxygen atoms in total. The van der Waals surface area contributed by atoms with E-state index in [-0.39, 0.29) is 28.6 Å². The molecule has 1 aliphatic rings. The first-order chi connectivity index (χ1) is 12.5. The van der Waals surface area contributed by atoms with E-state index in [1.807, 2.05) is 45.8 Å². The van der Waals surface area contributed by atoms with Gasteiger partial charge in [-0.25, -0.2) is 9.55 Å². The highest BCUT2D eigenvalue weighted by Crippen LogP contribution is 2.17. The molecule has 2 aromatic rings. The van der Waals surface area contributed by atoms with Gasteiger partial charge in [0.1, 0.15) is 12.0 Å². The Morgan fingerprint density at radius 1 is 1.19 bits per heavy atom. The number of pyridine rings is 2. The lowest BCUT2D eigenvalue weighted by Crippen LogP contribution is -3.00. The van der Waals surface area contributed by atoms with Crippen molar-refractivity contribution in [2.45, 2.75) is 19.9 Å². The van der Waals surface area contributed by atoms with E-state index in [1.165, 1.54) is 17.8 Å². The molecule has 0 spiro atoms. The van der Waals surface area contributed by atoms with Crippen molar-refractivity contribution in [3.8, 4) is 0 Å². The second kappa shape index (κ2) is 9.40. The number of hydrogen-bond acceptors (Lipinski definition) is 5. The van der Waals surface area contributed by atoms with Crippen LogP contribution in [0.1, 0.15) is 12.0 Å². The molecular weight excluding hydrogens is 414 g/mol. The third-order valence-corrected chi connectivity index (χ3v) is 4.54. The number of nitro groups is 1. The molecule has 0 atom stereocenters. The van der Waals surface area contributed by atoms with Crippen LogP contribution in [0.3, 0.4) is 0 Å². The molecule has 0 aliphatic carbocycles. The summed E-state index contributed by atoms with van der Waals surface area (Å²) in [6.45, 7) is 5.33. The number of rotatable bonds is 5. The highest BCUT2D eigenvalue weighted by Gasteiger charge is 2.22. The van der Waals surface area contributed by atoms with Gasteiger partial charge in [-0.2, -0.15) is 0 Å². The van der Waals surface area contributed by atoms with Crippen LogP contribution in [0, 0.1) is 17.0 Å². The van der Waals surface area contributed by atoms with Gasteiger partial charge in [0, 0.05) is 44.4 Å². The highest BCUT2D eigenvalue weighted by molar-refractivity contribution is 5.76. The predicted octanol–water partition coefficient (Wildman–Crippen LogP) is -1.67. The van der Waals surface area contributed by atoms with Gasteiger partial charge < -0.3 is 26.8 Å². The van der Waals surface area contributed by atoms with E-state index in [9.17, 15) is 14.9 Å². The summed E-state index contributed by atoms with van der Waals surface area (Å²) in [4.78, 5) is 30.7. The fraction of sp³-hybridized carbons (Fsp3) is 0.389. The normalized spacial score (nSPS) is 13.8. The number of nitrogens with zero attached hydrogens (tertiary/aromatic N) is 5. The van der Waals surface area contributed by atoms with E-state index >= 15 is 0 Å². The smallest absolute Gasteiger partial charge is 0.287 e. The zero-order valence-electron chi connectivity index (χ0n) is 15.1. The van der Waals surface area contributed by atoms with E-state index in [1.54, 1.807) is 6.07 Å². The largest absolute Gasteiger partial charge is 1.00 e. The number of halogens is 1. The average molecular weight is 436 g/mol. The van der Waals surface area contributed by atoms with Crippen LogP contribution in [0.4, 0.5) is 11.5 Å². The molecule has 0 radical (unpaired) electrons. The molecule has 144 valence electrons. The molecule has 3 heterocycles. The standard InChI is InChI=1S/C18H22N5O3.BrH/c1-15-4-7-20(8-5-15)9-6-18(24)22-12-10-21(11-13-22)17-3-2-16(14-19-17)23(25)26;/h2-5,7-8,14H,6,9-13H2,1H3;1H/q+1;/p-1. The Hall–Kier alpha value is -2.55. The van der Waals surface area contributed by atoms with Crippen molar-refractivity contribution in [2.75, 3.05) is 31.1 Å². The van der Waals surface area contributed by atoms with Gasteiger partial charge in [-0.1, -0.05) is 0 Å². The van der Waals surface area contributed by atoms with Gasteiger partial charge in [-0.05, 0) is 18.6 Å². The predicted molar refractivity (Wildman–Crippen MR) is 95.7 cm³/mol. The molecule has 1 amide bonds. The van der Waals surface area contributed by atoms with Crippen molar-refractivity contribution in [1.82, 2.24) is 9.88 Å². The summed E-state index contributed by atoms with van der Waals surface area (Å²) in [6.07, 6.45) is 5.72. The average Bonchev–Trinajstić information content (AvgIpc) is 2.67. The van der Waals surface area contributed by atoms with Crippen molar-refractivity contribution >= 4 is 17.4 Å². The van der Waals surface area contributed by atoms with E-state index in [4.69, 9.17) is 0 Å². The Labute approximate surface area is 168 Å². The van der Waals surface area contributed by atoms with Gasteiger partial charge in [-0.15, -0.1) is 0 Å². The van der Waals surface area contributed by atoms with Gasteiger partial charge in [0.05, 0.1) is 11.3 Å². The first-order valence-corrected chi connectivity index (χ1v) is 8.62. The second-order valence-electron chi connectivity index (χ2n) is 6.36. The van der Waals surface area contributed by atoms with Crippen molar-refractivity contribution in [2.24, 2.45) is 0 Å². The van der Waals surface area contributed by atoms with Gasteiger partial charge in [-0.3, -0.25) is 14.9 Å². The van der Waals surface area contributed by atoms with Gasteiger partial charge in [0.25, 0.3) is 5.69 Å². The Morgan fingerprint density at radius 3 is 2.41 bits per heavy atom. The Balaban J connectivity index is 0.00000261. The molecule has 3 rings (SSSR count).